The Morgan fingerprint density at radius 1 is 1.28 bits per heavy atom. The zero-order valence-corrected chi connectivity index (χ0v) is 18.5. The minimum atomic E-state index is -4.45. The van der Waals surface area contributed by atoms with E-state index in [0.717, 1.165) is 16.7 Å². The smallest absolute Gasteiger partial charge is 0.357 e. The van der Waals surface area contributed by atoms with Crippen LogP contribution in [0.2, 0.25) is 0 Å². The van der Waals surface area contributed by atoms with Crippen LogP contribution >= 0.6 is 35.3 Å². The molecule has 4 nitrogen and oxygen atoms in total. The molecule has 1 saturated carbocycles. The number of hydrogen-bond acceptors (Lipinski definition) is 3. The van der Waals surface area contributed by atoms with Gasteiger partial charge in [0.1, 0.15) is 11.6 Å². The van der Waals surface area contributed by atoms with E-state index in [0.29, 0.717) is 23.9 Å². The van der Waals surface area contributed by atoms with Crippen molar-refractivity contribution in [2.45, 2.75) is 37.9 Å². The molecule has 2 aromatic rings. The predicted octanol–water partition coefficient (Wildman–Crippen LogP) is 4.71. The minimum Gasteiger partial charge on any atom is -0.357 e. The Hall–Kier alpha value is -1.50. The molecule has 0 bridgehead atoms. The van der Waals surface area contributed by atoms with Crippen molar-refractivity contribution in [1.29, 1.82) is 0 Å². The van der Waals surface area contributed by atoms with Gasteiger partial charge in [0.15, 0.2) is 11.7 Å². The maximum Gasteiger partial charge on any atom is 0.434 e. The first-order valence-electron chi connectivity index (χ1n) is 8.80. The van der Waals surface area contributed by atoms with Gasteiger partial charge in [0.2, 0.25) is 0 Å². The van der Waals surface area contributed by atoms with Gasteiger partial charge in [-0.25, -0.2) is 13.8 Å². The van der Waals surface area contributed by atoms with E-state index in [4.69, 9.17) is 0 Å². The minimum absolute atomic E-state index is 0. The molecular formula is C18H20F5IN4S. The van der Waals surface area contributed by atoms with Gasteiger partial charge in [-0.1, -0.05) is 6.07 Å². The summed E-state index contributed by atoms with van der Waals surface area (Å²) in [5.41, 5.74) is -0.826. The molecule has 29 heavy (non-hydrogen) atoms. The number of nitrogens with one attached hydrogen (secondary N) is 2. The Balaban J connectivity index is 0.00000300. The number of nitrogens with zero attached hydrogens (tertiary/aromatic N) is 2. The van der Waals surface area contributed by atoms with E-state index < -0.39 is 23.5 Å². The third kappa shape index (κ3) is 6.24. The van der Waals surface area contributed by atoms with Crippen molar-refractivity contribution < 1.29 is 22.0 Å². The van der Waals surface area contributed by atoms with Crippen molar-refractivity contribution in [1.82, 2.24) is 15.6 Å². The third-order valence-corrected chi connectivity index (χ3v) is 5.17. The first-order chi connectivity index (χ1) is 13.3. The lowest BCUT2D eigenvalue weighted by Crippen LogP contribution is -2.39. The van der Waals surface area contributed by atoms with Crippen molar-refractivity contribution in [2.24, 2.45) is 4.99 Å². The number of benzene rings is 1. The molecule has 160 valence electrons. The lowest BCUT2D eigenvalue weighted by molar-refractivity contribution is -0.140. The maximum atomic E-state index is 13.9. The molecule has 1 fully saturated rings. The van der Waals surface area contributed by atoms with Crippen LogP contribution in [-0.4, -0.2) is 30.1 Å². The van der Waals surface area contributed by atoms with Gasteiger partial charge in [-0.3, -0.25) is 4.99 Å². The second-order valence-electron chi connectivity index (χ2n) is 6.36. The Labute approximate surface area is 186 Å². The highest BCUT2D eigenvalue weighted by Gasteiger charge is 2.42. The number of aromatic nitrogens is 1. The first kappa shape index (κ1) is 23.8. The number of thiazole rings is 1. The lowest BCUT2D eigenvalue weighted by atomic mass is 10.1. The van der Waals surface area contributed by atoms with Gasteiger partial charge in [0.05, 0.1) is 5.01 Å². The summed E-state index contributed by atoms with van der Waals surface area (Å²) in [6, 6.07) is 3.64. The molecular weight excluding hydrogens is 526 g/mol. The summed E-state index contributed by atoms with van der Waals surface area (Å²) in [5, 5.41) is 7.48. The number of guanidine groups is 1. The molecule has 3 rings (SSSR count). The fourth-order valence-corrected chi connectivity index (χ4v) is 3.65. The average Bonchev–Trinajstić information content (AvgIpc) is 3.16. The van der Waals surface area contributed by atoms with E-state index in [2.05, 4.69) is 20.6 Å². The molecule has 1 aromatic carbocycles. The van der Waals surface area contributed by atoms with Gasteiger partial charge in [-0.05, 0) is 25.5 Å². The van der Waals surface area contributed by atoms with E-state index in [1.807, 2.05) is 6.92 Å². The Kier molecular flexibility index (Phi) is 8.20. The van der Waals surface area contributed by atoms with Crippen molar-refractivity contribution >= 4 is 41.3 Å². The fourth-order valence-electron chi connectivity index (χ4n) is 2.85. The number of rotatable bonds is 6. The monoisotopic (exact) mass is 546 g/mol. The van der Waals surface area contributed by atoms with Gasteiger partial charge in [-0.15, -0.1) is 35.3 Å². The van der Waals surface area contributed by atoms with Crippen LogP contribution in [0.4, 0.5) is 22.0 Å². The predicted molar refractivity (Wildman–Crippen MR) is 113 cm³/mol. The number of hydrogen-bond donors (Lipinski definition) is 2. The number of halogens is 6. The zero-order valence-electron chi connectivity index (χ0n) is 15.4. The van der Waals surface area contributed by atoms with Gasteiger partial charge in [-0.2, -0.15) is 13.2 Å². The largest absolute Gasteiger partial charge is 0.434 e. The molecule has 0 radical (unpaired) electrons. The summed E-state index contributed by atoms with van der Waals surface area (Å²) in [5.74, 6) is -0.960. The number of alkyl halides is 3. The summed E-state index contributed by atoms with van der Waals surface area (Å²) < 4.78 is 65.5. The van der Waals surface area contributed by atoms with E-state index >= 15 is 0 Å². The molecule has 0 spiro atoms. The molecule has 2 unspecified atom stereocenters. The van der Waals surface area contributed by atoms with E-state index in [1.165, 1.54) is 18.2 Å². The summed E-state index contributed by atoms with van der Waals surface area (Å²) in [6.07, 6.45) is -3.60. The standard InChI is InChI=1S/C18H19F5N4S.HI/c1-2-24-17(25-7-6-15-27-14(9-28-15)18(21,22)23)26-13-8-10(13)16-11(19)4-3-5-12(16)20;/h3-5,9-10,13H,2,6-8H2,1H3,(H2,24,25,26);1H. The van der Waals surface area contributed by atoms with E-state index in [-0.39, 0.29) is 54.5 Å². The van der Waals surface area contributed by atoms with Crippen LogP contribution in [0.25, 0.3) is 0 Å². The van der Waals surface area contributed by atoms with Gasteiger partial charge >= 0.3 is 6.18 Å². The lowest BCUT2D eigenvalue weighted by Gasteiger charge is -2.11. The zero-order chi connectivity index (χ0) is 20.3. The topological polar surface area (TPSA) is 49.3 Å². The second-order valence-corrected chi connectivity index (χ2v) is 7.31. The molecule has 1 heterocycles. The number of aliphatic imine (C=N–C) groups is 1. The summed E-state index contributed by atoms with van der Waals surface area (Å²) >= 11 is 0.944. The highest BCUT2D eigenvalue weighted by molar-refractivity contribution is 14.0. The van der Waals surface area contributed by atoms with Crippen LogP contribution in [0.5, 0.6) is 0 Å². The van der Waals surface area contributed by atoms with Crippen LogP contribution in [0.15, 0.2) is 28.6 Å². The SMILES string of the molecule is CCNC(=NCCc1nc(C(F)(F)F)cs1)NC1CC1c1c(F)cccc1F.I. The molecule has 1 aliphatic carbocycles. The molecule has 2 atom stereocenters. The van der Waals surface area contributed by atoms with Crippen LogP contribution in [-0.2, 0) is 12.6 Å². The summed E-state index contributed by atoms with van der Waals surface area (Å²) in [4.78, 5) is 7.89. The van der Waals surface area contributed by atoms with E-state index in [9.17, 15) is 22.0 Å². The van der Waals surface area contributed by atoms with Gasteiger partial charge in [0, 0.05) is 42.4 Å². The highest BCUT2D eigenvalue weighted by atomic mass is 127. The van der Waals surface area contributed by atoms with E-state index in [1.54, 1.807) is 0 Å². The van der Waals surface area contributed by atoms with Crippen molar-refractivity contribution in [3.63, 3.8) is 0 Å². The Morgan fingerprint density at radius 2 is 1.97 bits per heavy atom. The molecule has 1 aromatic heterocycles. The molecule has 0 saturated heterocycles. The highest BCUT2D eigenvalue weighted by Crippen LogP contribution is 2.43. The molecule has 11 heteroatoms. The van der Waals surface area contributed by atoms with Crippen molar-refractivity contribution in [3.8, 4) is 0 Å². The average molecular weight is 546 g/mol. The van der Waals surface area contributed by atoms with Crippen LogP contribution in [0, 0.1) is 11.6 Å². The fraction of sp³-hybridized carbons (Fsp3) is 0.444. The molecule has 1 aliphatic rings. The van der Waals surface area contributed by atoms with Gasteiger partial charge < -0.3 is 10.6 Å². The van der Waals surface area contributed by atoms with Crippen LogP contribution in [0.1, 0.15) is 35.5 Å². The Morgan fingerprint density at radius 3 is 2.55 bits per heavy atom. The normalized spacial score (nSPS) is 18.9. The second kappa shape index (κ2) is 10.0. The quantitative estimate of drug-likeness (QED) is 0.239. The molecule has 0 aliphatic heterocycles. The first-order valence-corrected chi connectivity index (χ1v) is 9.68. The molecule has 0 amide bonds. The van der Waals surface area contributed by atoms with Crippen LogP contribution < -0.4 is 10.6 Å². The van der Waals surface area contributed by atoms with Gasteiger partial charge in [0.25, 0.3) is 0 Å². The third-order valence-electron chi connectivity index (χ3n) is 4.27. The summed E-state index contributed by atoms with van der Waals surface area (Å²) in [7, 11) is 0. The van der Waals surface area contributed by atoms with Crippen molar-refractivity contribution in [2.75, 3.05) is 13.1 Å². The van der Waals surface area contributed by atoms with Crippen LogP contribution in [0.3, 0.4) is 0 Å². The maximum absolute atomic E-state index is 13.9. The molecule has 2 N–H and O–H groups in total. The summed E-state index contributed by atoms with van der Waals surface area (Å²) in [6.45, 7) is 2.69. The van der Waals surface area contributed by atoms with Crippen molar-refractivity contribution in [3.05, 3.63) is 51.5 Å². The Bertz CT molecular complexity index is 835.